The number of hydrogen-bond donors (Lipinski definition) is 2. The van der Waals surface area contributed by atoms with Crippen LogP contribution in [0.2, 0.25) is 0 Å². The SMILES string of the molecule is CCCCCCCCCCCC[N+](C)=C1C=CC(=c2c(=O)c(=CC3=C(O)C(c4ccc(N(CCCC)CCCC)cc4)=C3O)c2=O)C=C1. The summed E-state index contributed by atoms with van der Waals surface area (Å²) in [5, 5.41) is 21.8. The van der Waals surface area contributed by atoms with Crippen molar-refractivity contribution in [2.45, 2.75) is 111 Å². The maximum Gasteiger partial charge on any atom is 0.201 e. The van der Waals surface area contributed by atoms with Crippen LogP contribution >= 0.6 is 0 Å². The fraction of sp³-hybridized carbons (Fsp3) is 0.500. The van der Waals surface area contributed by atoms with Gasteiger partial charge in [0.15, 0.2) is 5.71 Å². The molecule has 0 atom stereocenters. The van der Waals surface area contributed by atoms with E-state index in [0.29, 0.717) is 16.7 Å². The first-order valence-electron chi connectivity index (χ1n) is 18.5. The largest absolute Gasteiger partial charge is 0.506 e. The van der Waals surface area contributed by atoms with E-state index in [1.54, 1.807) is 0 Å². The van der Waals surface area contributed by atoms with Gasteiger partial charge in [0.25, 0.3) is 0 Å². The Balaban J connectivity index is 1.36. The van der Waals surface area contributed by atoms with Gasteiger partial charge in [-0.25, -0.2) is 4.58 Å². The molecule has 2 aliphatic rings. The van der Waals surface area contributed by atoms with Crippen molar-refractivity contribution in [3.05, 3.63) is 102 Å². The van der Waals surface area contributed by atoms with Gasteiger partial charge in [-0.05, 0) is 60.8 Å². The molecular formula is C42H57N2O4+. The van der Waals surface area contributed by atoms with E-state index in [0.717, 1.165) is 63.1 Å². The third-order valence-electron chi connectivity index (χ3n) is 9.74. The van der Waals surface area contributed by atoms with Gasteiger partial charge in [-0.1, -0.05) is 97.1 Å². The molecule has 0 spiro atoms. The fourth-order valence-corrected chi connectivity index (χ4v) is 6.55. The van der Waals surface area contributed by atoms with E-state index in [4.69, 9.17) is 0 Å². The van der Waals surface area contributed by atoms with Crippen LogP contribution in [0.5, 0.6) is 0 Å². The van der Waals surface area contributed by atoms with Crippen LogP contribution in [0.4, 0.5) is 5.69 Å². The van der Waals surface area contributed by atoms with Crippen LogP contribution in [0.15, 0.2) is 75.3 Å². The summed E-state index contributed by atoms with van der Waals surface area (Å²) in [6, 6.07) is 7.84. The van der Waals surface area contributed by atoms with Gasteiger partial charge >= 0.3 is 0 Å². The number of allylic oxidation sites excluding steroid dienone is 6. The Morgan fingerprint density at radius 3 is 1.71 bits per heavy atom. The Kier molecular flexibility index (Phi) is 14.3. The predicted molar refractivity (Wildman–Crippen MR) is 202 cm³/mol. The number of hydrogen-bond acceptors (Lipinski definition) is 5. The topological polar surface area (TPSA) is 80.8 Å². The minimum atomic E-state index is -0.364. The zero-order chi connectivity index (χ0) is 34.5. The Morgan fingerprint density at radius 2 is 1.19 bits per heavy atom. The number of benzene rings is 1. The number of aliphatic hydroxyl groups is 2. The molecule has 0 heterocycles. The van der Waals surface area contributed by atoms with E-state index in [1.165, 1.54) is 63.9 Å². The molecule has 0 aliphatic heterocycles. The van der Waals surface area contributed by atoms with Crippen LogP contribution < -0.4 is 26.2 Å². The maximum absolute atomic E-state index is 13.1. The number of rotatable bonds is 20. The molecule has 6 nitrogen and oxygen atoms in total. The van der Waals surface area contributed by atoms with E-state index >= 15 is 0 Å². The second-order valence-electron chi connectivity index (χ2n) is 13.5. The molecule has 258 valence electrons. The van der Waals surface area contributed by atoms with Crippen LogP contribution in [0, 0.1) is 0 Å². The van der Waals surface area contributed by atoms with Crippen molar-refractivity contribution < 1.29 is 14.8 Å². The third-order valence-corrected chi connectivity index (χ3v) is 9.74. The van der Waals surface area contributed by atoms with Crippen LogP contribution in [-0.2, 0) is 0 Å². The van der Waals surface area contributed by atoms with Crippen LogP contribution in [0.3, 0.4) is 0 Å². The zero-order valence-corrected chi connectivity index (χ0v) is 29.8. The van der Waals surface area contributed by atoms with Crippen LogP contribution in [0.1, 0.15) is 116 Å². The molecule has 48 heavy (non-hydrogen) atoms. The summed E-state index contributed by atoms with van der Waals surface area (Å²) < 4.78 is 2.22. The average molecular weight is 654 g/mol. The monoisotopic (exact) mass is 653 g/mol. The molecule has 6 heteroatoms. The quantitative estimate of drug-likeness (QED) is 0.114. The summed E-state index contributed by atoms with van der Waals surface area (Å²) in [4.78, 5) is 28.5. The number of nitrogens with zero attached hydrogens (tertiary/aromatic N) is 2. The summed E-state index contributed by atoms with van der Waals surface area (Å²) in [5.41, 5.74) is 3.20. The molecule has 0 aromatic heterocycles. The molecule has 0 bridgehead atoms. The third kappa shape index (κ3) is 9.15. The lowest BCUT2D eigenvalue weighted by Crippen LogP contribution is -2.65. The van der Waals surface area contributed by atoms with Crippen molar-refractivity contribution in [2.75, 3.05) is 31.6 Å². The van der Waals surface area contributed by atoms with Crippen molar-refractivity contribution in [3.63, 3.8) is 0 Å². The van der Waals surface area contributed by atoms with Gasteiger partial charge in [-0.3, -0.25) is 9.59 Å². The molecule has 4 rings (SSSR count). The average Bonchev–Trinajstić information content (AvgIpc) is 3.10. The summed E-state index contributed by atoms with van der Waals surface area (Å²) in [5.74, 6) is -0.212. The van der Waals surface area contributed by atoms with Gasteiger partial charge in [0.2, 0.25) is 10.9 Å². The van der Waals surface area contributed by atoms with E-state index in [9.17, 15) is 19.8 Å². The first kappa shape index (κ1) is 36.9. The normalized spacial score (nSPS) is 14.3. The predicted octanol–water partition coefficient (Wildman–Crippen LogP) is 7.55. The number of anilines is 1. The summed E-state index contributed by atoms with van der Waals surface area (Å²) in [6.07, 6.45) is 26.5. The lowest BCUT2D eigenvalue weighted by molar-refractivity contribution is -0.496. The minimum absolute atomic E-state index is 0.0165. The first-order valence-corrected chi connectivity index (χ1v) is 18.5. The van der Waals surface area contributed by atoms with Gasteiger partial charge in [0.1, 0.15) is 25.1 Å². The van der Waals surface area contributed by atoms with Crippen molar-refractivity contribution in [2.24, 2.45) is 0 Å². The lowest BCUT2D eigenvalue weighted by Gasteiger charge is -2.26. The molecule has 0 unspecified atom stereocenters. The molecule has 2 aromatic carbocycles. The molecule has 0 saturated heterocycles. The molecule has 2 aromatic rings. The lowest BCUT2D eigenvalue weighted by atomic mass is 9.87. The molecular weight excluding hydrogens is 596 g/mol. The number of unbranched alkanes of at least 4 members (excludes halogenated alkanes) is 11. The summed E-state index contributed by atoms with van der Waals surface area (Å²) in [6.45, 7) is 9.59. The van der Waals surface area contributed by atoms with Crippen LogP contribution in [0.25, 0.3) is 17.2 Å². The highest BCUT2D eigenvalue weighted by Gasteiger charge is 2.30. The van der Waals surface area contributed by atoms with Crippen LogP contribution in [-0.4, -0.2) is 47.2 Å². The highest BCUT2D eigenvalue weighted by Crippen LogP contribution is 2.40. The molecule has 0 fully saturated rings. The van der Waals surface area contributed by atoms with Gasteiger partial charge < -0.3 is 15.1 Å². The zero-order valence-electron chi connectivity index (χ0n) is 29.8. The second-order valence-corrected chi connectivity index (χ2v) is 13.5. The van der Waals surface area contributed by atoms with E-state index in [1.807, 2.05) is 48.6 Å². The molecule has 0 saturated carbocycles. The fourth-order valence-electron chi connectivity index (χ4n) is 6.55. The van der Waals surface area contributed by atoms with E-state index in [2.05, 4.69) is 37.3 Å². The summed E-state index contributed by atoms with van der Waals surface area (Å²) in [7, 11) is 2.08. The minimum Gasteiger partial charge on any atom is -0.506 e. The smallest absolute Gasteiger partial charge is 0.201 e. The molecule has 2 N–H and O–H groups in total. The Morgan fingerprint density at radius 1 is 0.667 bits per heavy atom. The Labute approximate surface area is 287 Å². The highest BCUT2D eigenvalue weighted by atomic mass is 16.3. The second kappa shape index (κ2) is 18.6. The van der Waals surface area contributed by atoms with E-state index in [-0.39, 0.29) is 38.4 Å². The van der Waals surface area contributed by atoms with E-state index < -0.39 is 0 Å². The van der Waals surface area contributed by atoms with Gasteiger partial charge in [0.05, 0.1) is 21.6 Å². The molecule has 2 aliphatic carbocycles. The van der Waals surface area contributed by atoms with Crippen molar-refractivity contribution in [1.82, 2.24) is 0 Å². The Hall–Kier alpha value is -3.93. The molecule has 0 amide bonds. The summed E-state index contributed by atoms with van der Waals surface area (Å²) >= 11 is 0. The van der Waals surface area contributed by atoms with Gasteiger partial charge in [-0.15, -0.1) is 0 Å². The molecule has 0 radical (unpaired) electrons. The Bertz CT molecular complexity index is 1690. The van der Waals surface area contributed by atoms with Crippen molar-refractivity contribution >= 4 is 28.6 Å². The van der Waals surface area contributed by atoms with Crippen molar-refractivity contribution in [1.29, 1.82) is 0 Å². The maximum atomic E-state index is 13.1. The van der Waals surface area contributed by atoms with Gasteiger partial charge in [0, 0.05) is 37.3 Å². The first-order chi connectivity index (χ1) is 23.3. The standard InChI is InChI=1S/C42H56N2O4/c1-5-8-11-12-13-14-15-16-17-18-27-43(4)33-23-19-31(20-24-33)37-39(45)35(40(37)46)30-36-41(47)38(42(36)48)32-21-25-34(26-22-32)44(28-9-6-2)29-10-7-3/h19-26,30H,5-18,27-29H2,1-4H3,(H-,45,46,47,48)/p+1. The highest BCUT2D eigenvalue weighted by molar-refractivity contribution is 6.05. The van der Waals surface area contributed by atoms with Gasteiger partial charge in [-0.2, -0.15) is 0 Å². The number of aliphatic hydroxyl groups excluding tert-OH is 2. The van der Waals surface area contributed by atoms with Crippen molar-refractivity contribution in [3.8, 4) is 0 Å².